The van der Waals surface area contributed by atoms with Crippen molar-refractivity contribution in [2.75, 3.05) is 30.3 Å². The lowest BCUT2D eigenvalue weighted by atomic mass is 10.2. The van der Waals surface area contributed by atoms with Gasteiger partial charge in [-0.1, -0.05) is 53.6 Å². The molecule has 0 saturated carbocycles. The van der Waals surface area contributed by atoms with E-state index in [0.717, 1.165) is 27.8 Å². The van der Waals surface area contributed by atoms with E-state index in [1.807, 2.05) is 18.7 Å². The number of aryl methyl sites for hydroxylation is 2. The Morgan fingerprint density at radius 2 is 1.71 bits per heavy atom. The molecule has 0 aliphatic heterocycles. The number of anilines is 1. The molecule has 0 aliphatic rings. The molecule has 0 radical (unpaired) electrons. The van der Waals surface area contributed by atoms with Crippen molar-refractivity contribution >= 4 is 33.4 Å². The molecule has 0 bridgehead atoms. The molecule has 3 aromatic carbocycles. The van der Waals surface area contributed by atoms with Crippen LogP contribution in [0.15, 0.2) is 77.7 Å². The van der Waals surface area contributed by atoms with Crippen molar-refractivity contribution in [1.82, 2.24) is 5.32 Å². The van der Waals surface area contributed by atoms with Gasteiger partial charge in [0.2, 0.25) is 5.91 Å². The predicted molar refractivity (Wildman–Crippen MR) is 144 cm³/mol. The standard InChI is InChI=1S/C27H32N2O4S2/c1-21-11-13-26(14-12-21)35(31,32)29(24-9-5-10-25(18-24)33-3)19-27(30)28-15-6-16-34-20-23-8-4-7-22(2)17-23/h4-5,7-14,17-18H,6,15-16,19-20H2,1-3H3,(H,28,30). The first-order valence-electron chi connectivity index (χ1n) is 11.4. The van der Waals surface area contributed by atoms with E-state index in [1.54, 1.807) is 48.5 Å². The van der Waals surface area contributed by atoms with Gasteiger partial charge < -0.3 is 10.1 Å². The molecule has 3 aromatic rings. The molecule has 3 rings (SSSR count). The molecule has 1 amide bonds. The van der Waals surface area contributed by atoms with Gasteiger partial charge in [-0.05, 0) is 55.9 Å². The van der Waals surface area contributed by atoms with Crippen molar-refractivity contribution in [3.8, 4) is 5.75 Å². The largest absolute Gasteiger partial charge is 0.497 e. The number of rotatable bonds is 12. The van der Waals surface area contributed by atoms with E-state index < -0.39 is 10.0 Å². The number of nitrogens with zero attached hydrogens (tertiary/aromatic N) is 1. The topological polar surface area (TPSA) is 75.7 Å². The van der Waals surface area contributed by atoms with Gasteiger partial charge in [0.25, 0.3) is 10.0 Å². The van der Waals surface area contributed by atoms with Crippen molar-refractivity contribution in [3.63, 3.8) is 0 Å². The van der Waals surface area contributed by atoms with Crippen molar-refractivity contribution in [2.24, 2.45) is 0 Å². The zero-order valence-electron chi connectivity index (χ0n) is 20.4. The fourth-order valence-electron chi connectivity index (χ4n) is 3.50. The highest BCUT2D eigenvalue weighted by Crippen LogP contribution is 2.27. The van der Waals surface area contributed by atoms with Crippen molar-refractivity contribution in [3.05, 3.63) is 89.5 Å². The highest BCUT2D eigenvalue weighted by atomic mass is 32.2. The van der Waals surface area contributed by atoms with Gasteiger partial charge in [-0.15, -0.1) is 0 Å². The minimum Gasteiger partial charge on any atom is -0.497 e. The SMILES string of the molecule is COc1cccc(N(CC(=O)NCCCSCc2cccc(C)c2)S(=O)(=O)c2ccc(C)cc2)c1. The third kappa shape index (κ3) is 7.77. The quantitative estimate of drug-likeness (QED) is 0.348. The van der Waals surface area contributed by atoms with Crippen LogP contribution in [0.4, 0.5) is 5.69 Å². The van der Waals surface area contributed by atoms with Gasteiger partial charge in [-0.25, -0.2) is 8.42 Å². The summed E-state index contributed by atoms with van der Waals surface area (Å²) in [5.74, 6) is 1.98. The van der Waals surface area contributed by atoms with E-state index in [9.17, 15) is 13.2 Å². The zero-order valence-corrected chi connectivity index (χ0v) is 22.0. The molecular formula is C27H32N2O4S2. The van der Waals surface area contributed by atoms with Crippen molar-refractivity contribution in [2.45, 2.75) is 30.9 Å². The Hall–Kier alpha value is -2.97. The zero-order chi connectivity index (χ0) is 25.3. The summed E-state index contributed by atoms with van der Waals surface area (Å²) in [4.78, 5) is 12.9. The minimum atomic E-state index is -3.95. The lowest BCUT2D eigenvalue weighted by Crippen LogP contribution is -2.41. The number of hydrogen-bond acceptors (Lipinski definition) is 5. The highest BCUT2D eigenvalue weighted by Gasteiger charge is 2.27. The van der Waals surface area contributed by atoms with Gasteiger partial charge >= 0.3 is 0 Å². The Labute approximate surface area is 212 Å². The lowest BCUT2D eigenvalue weighted by molar-refractivity contribution is -0.119. The molecule has 0 atom stereocenters. The maximum Gasteiger partial charge on any atom is 0.264 e. The van der Waals surface area contributed by atoms with Crippen LogP contribution in [0.25, 0.3) is 0 Å². The summed E-state index contributed by atoms with van der Waals surface area (Å²) in [5.41, 5.74) is 3.86. The fourth-order valence-corrected chi connectivity index (χ4v) is 5.82. The molecule has 6 nitrogen and oxygen atoms in total. The number of nitrogens with one attached hydrogen (secondary N) is 1. The Kier molecular flexibility index (Phi) is 9.63. The predicted octanol–water partition coefficient (Wildman–Crippen LogP) is 4.95. The molecule has 186 valence electrons. The first-order chi connectivity index (χ1) is 16.8. The van der Waals surface area contributed by atoms with Gasteiger partial charge in [0.15, 0.2) is 0 Å². The van der Waals surface area contributed by atoms with Gasteiger partial charge in [0.05, 0.1) is 17.7 Å². The van der Waals surface area contributed by atoms with Crippen molar-refractivity contribution in [1.29, 1.82) is 0 Å². The molecule has 0 aliphatic carbocycles. The number of carbonyl (C=O) groups is 1. The van der Waals surface area contributed by atoms with Gasteiger partial charge in [0, 0.05) is 18.4 Å². The molecule has 0 heterocycles. The van der Waals surface area contributed by atoms with E-state index in [-0.39, 0.29) is 17.3 Å². The molecule has 0 unspecified atom stereocenters. The lowest BCUT2D eigenvalue weighted by Gasteiger charge is -2.24. The summed E-state index contributed by atoms with van der Waals surface area (Å²) in [7, 11) is -2.44. The van der Waals surface area contributed by atoms with E-state index in [2.05, 4.69) is 36.5 Å². The molecule has 8 heteroatoms. The average Bonchev–Trinajstić information content (AvgIpc) is 2.85. The van der Waals surface area contributed by atoms with Gasteiger partial charge in [-0.2, -0.15) is 11.8 Å². The molecule has 1 N–H and O–H groups in total. The van der Waals surface area contributed by atoms with E-state index >= 15 is 0 Å². The second-order valence-corrected chi connectivity index (χ2v) is 11.2. The van der Waals surface area contributed by atoms with E-state index in [0.29, 0.717) is 18.0 Å². The number of sulfonamides is 1. The van der Waals surface area contributed by atoms with Crippen molar-refractivity contribution < 1.29 is 17.9 Å². The second-order valence-electron chi connectivity index (χ2n) is 8.27. The monoisotopic (exact) mass is 512 g/mol. The van der Waals surface area contributed by atoms with Crippen LogP contribution < -0.4 is 14.4 Å². The van der Waals surface area contributed by atoms with Crippen LogP contribution in [0.1, 0.15) is 23.1 Å². The van der Waals surface area contributed by atoms with E-state index in [4.69, 9.17) is 4.74 Å². The summed E-state index contributed by atoms with van der Waals surface area (Å²) >= 11 is 1.81. The number of thioether (sulfide) groups is 1. The van der Waals surface area contributed by atoms with Crippen LogP contribution in [0.5, 0.6) is 5.75 Å². The number of hydrogen-bond donors (Lipinski definition) is 1. The summed E-state index contributed by atoms with van der Waals surface area (Å²) < 4.78 is 33.3. The number of amides is 1. The Balaban J connectivity index is 1.61. The first-order valence-corrected chi connectivity index (χ1v) is 14.0. The maximum atomic E-state index is 13.5. The van der Waals surface area contributed by atoms with Crippen LogP contribution in [-0.2, 0) is 20.6 Å². The summed E-state index contributed by atoms with van der Waals surface area (Å²) in [6, 6.07) is 21.7. The van der Waals surface area contributed by atoms with E-state index in [1.165, 1.54) is 18.2 Å². The Bertz CT molecular complexity index is 1230. The minimum absolute atomic E-state index is 0.131. The molecule has 0 saturated heterocycles. The summed E-state index contributed by atoms with van der Waals surface area (Å²) in [6.45, 7) is 4.14. The smallest absolute Gasteiger partial charge is 0.264 e. The second kappa shape index (κ2) is 12.7. The summed E-state index contributed by atoms with van der Waals surface area (Å²) in [6.07, 6.45) is 0.798. The average molecular weight is 513 g/mol. The molecule has 0 spiro atoms. The number of ether oxygens (including phenoxy) is 1. The Morgan fingerprint density at radius 3 is 2.43 bits per heavy atom. The van der Waals surface area contributed by atoms with Crippen LogP contribution >= 0.6 is 11.8 Å². The molecule has 0 fully saturated rings. The molecule has 0 aromatic heterocycles. The highest BCUT2D eigenvalue weighted by molar-refractivity contribution is 7.98. The summed E-state index contributed by atoms with van der Waals surface area (Å²) in [5, 5.41) is 2.86. The number of benzene rings is 3. The normalized spacial score (nSPS) is 11.2. The third-order valence-electron chi connectivity index (χ3n) is 5.38. The van der Waals surface area contributed by atoms with Gasteiger partial charge in [0.1, 0.15) is 12.3 Å². The molecule has 35 heavy (non-hydrogen) atoms. The first kappa shape index (κ1) is 26.6. The number of methoxy groups -OCH3 is 1. The number of carbonyl (C=O) groups excluding carboxylic acids is 1. The maximum absolute atomic E-state index is 13.5. The Morgan fingerprint density at radius 1 is 0.971 bits per heavy atom. The third-order valence-corrected chi connectivity index (χ3v) is 8.28. The van der Waals surface area contributed by atoms with Gasteiger partial charge in [-0.3, -0.25) is 9.10 Å². The fraction of sp³-hybridized carbons (Fsp3) is 0.296. The van der Waals surface area contributed by atoms with Crippen LogP contribution in [-0.4, -0.2) is 40.3 Å². The van der Waals surface area contributed by atoms with Crippen LogP contribution in [0, 0.1) is 13.8 Å². The molecular weight excluding hydrogens is 480 g/mol. The van der Waals surface area contributed by atoms with Crippen LogP contribution in [0.2, 0.25) is 0 Å². The van der Waals surface area contributed by atoms with Crippen LogP contribution in [0.3, 0.4) is 0 Å².